The summed E-state index contributed by atoms with van der Waals surface area (Å²) in [7, 11) is 0. The van der Waals surface area contributed by atoms with E-state index in [1.165, 1.54) is 11.3 Å². The molecule has 98 valence electrons. The van der Waals surface area contributed by atoms with Gasteiger partial charge in [-0.25, -0.2) is 4.98 Å². The van der Waals surface area contributed by atoms with Crippen molar-refractivity contribution in [1.82, 2.24) is 9.88 Å². The molecule has 1 amide bonds. The molecule has 2 heterocycles. The molecule has 0 aromatic carbocycles. The van der Waals surface area contributed by atoms with Gasteiger partial charge in [-0.1, -0.05) is 6.92 Å². The van der Waals surface area contributed by atoms with Crippen LogP contribution in [0.2, 0.25) is 0 Å². The Morgan fingerprint density at radius 2 is 2.17 bits per heavy atom. The summed E-state index contributed by atoms with van der Waals surface area (Å²) in [5.74, 6) is -1.08. The van der Waals surface area contributed by atoms with E-state index in [4.69, 9.17) is 5.11 Å². The number of likely N-dealkylation sites (tertiary alicyclic amines) is 1. The van der Waals surface area contributed by atoms with E-state index in [9.17, 15) is 9.59 Å². The number of carboxylic acid groups (broad SMARTS) is 1. The van der Waals surface area contributed by atoms with Crippen LogP contribution in [0, 0.1) is 5.92 Å². The van der Waals surface area contributed by atoms with Crippen LogP contribution in [0.5, 0.6) is 0 Å². The van der Waals surface area contributed by atoms with Gasteiger partial charge >= 0.3 is 5.97 Å². The number of thiazole rings is 1. The predicted molar refractivity (Wildman–Crippen MR) is 67.8 cm³/mol. The molecule has 5 nitrogen and oxygen atoms in total. The lowest BCUT2D eigenvalue weighted by Crippen LogP contribution is -2.39. The maximum absolute atomic E-state index is 12.2. The topological polar surface area (TPSA) is 70.5 Å². The lowest BCUT2D eigenvalue weighted by molar-refractivity contribution is -0.143. The Morgan fingerprint density at radius 1 is 1.50 bits per heavy atom. The third-order valence-electron chi connectivity index (χ3n) is 3.20. The number of aryl methyl sites for hydroxylation is 1. The molecule has 18 heavy (non-hydrogen) atoms. The van der Waals surface area contributed by atoms with Crippen molar-refractivity contribution in [1.29, 1.82) is 0 Å². The smallest absolute Gasteiger partial charge is 0.306 e. The highest BCUT2D eigenvalue weighted by Gasteiger charge is 2.28. The van der Waals surface area contributed by atoms with Gasteiger partial charge in [-0.15, -0.1) is 11.3 Å². The number of nitrogens with zero attached hydrogens (tertiary/aromatic N) is 2. The monoisotopic (exact) mass is 268 g/mol. The average molecular weight is 268 g/mol. The average Bonchev–Trinajstić information content (AvgIpc) is 2.86. The van der Waals surface area contributed by atoms with E-state index < -0.39 is 5.97 Å². The van der Waals surface area contributed by atoms with Crippen LogP contribution in [-0.2, 0) is 11.2 Å². The maximum Gasteiger partial charge on any atom is 0.306 e. The second-order valence-electron chi connectivity index (χ2n) is 4.38. The molecule has 0 atom stereocenters. The number of hydrogen-bond donors (Lipinski definition) is 1. The van der Waals surface area contributed by atoms with Gasteiger partial charge in [-0.2, -0.15) is 0 Å². The van der Waals surface area contributed by atoms with Gasteiger partial charge in [0.25, 0.3) is 5.91 Å². The molecule has 1 fully saturated rings. The first kappa shape index (κ1) is 13.0. The van der Waals surface area contributed by atoms with Gasteiger partial charge in [-0.05, 0) is 19.3 Å². The van der Waals surface area contributed by atoms with Crippen LogP contribution in [0.3, 0.4) is 0 Å². The molecule has 0 bridgehead atoms. The fraction of sp³-hybridized carbons (Fsp3) is 0.583. The first-order valence-electron chi connectivity index (χ1n) is 6.08. The number of aliphatic carboxylic acids is 1. The molecule has 0 saturated carbocycles. The highest BCUT2D eigenvalue weighted by Crippen LogP contribution is 2.21. The van der Waals surface area contributed by atoms with Crippen LogP contribution in [0.15, 0.2) is 6.20 Å². The van der Waals surface area contributed by atoms with Gasteiger partial charge in [0.05, 0.1) is 17.1 Å². The van der Waals surface area contributed by atoms with Crippen LogP contribution in [0.25, 0.3) is 0 Å². The van der Waals surface area contributed by atoms with E-state index >= 15 is 0 Å². The summed E-state index contributed by atoms with van der Waals surface area (Å²) in [5, 5.41) is 9.86. The maximum atomic E-state index is 12.2. The SMILES string of the molecule is CCc1ncc(C(=O)N2CCC(C(=O)O)CC2)s1. The summed E-state index contributed by atoms with van der Waals surface area (Å²) in [6.07, 6.45) is 3.54. The van der Waals surface area contributed by atoms with Gasteiger partial charge < -0.3 is 10.0 Å². The minimum absolute atomic E-state index is 0.0176. The molecule has 1 N–H and O–H groups in total. The second kappa shape index (κ2) is 5.48. The molecule has 1 aromatic heterocycles. The third kappa shape index (κ3) is 2.69. The molecular weight excluding hydrogens is 252 g/mol. The fourth-order valence-electron chi connectivity index (χ4n) is 2.06. The number of aromatic nitrogens is 1. The zero-order valence-electron chi connectivity index (χ0n) is 10.3. The van der Waals surface area contributed by atoms with E-state index in [1.807, 2.05) is 6.92 Å². The van der Waals surface area contributed by atoms with Crippen molar-refractivity contribution in [3.8, 4) is 0 Å². The molecule has 1 saturated heterocycles. The molecule has 1 aliphatic rings. The quantitative estimate of drug-likeness (QED) is 0.904. The first-order chi connectivity index (χ1) is 8.61. The molecule has 6 heteroatoms. The van der Waals surface area contributed by atoms with E-state index in [0.717, 1.165) is 11.4 Å². The summed E-state index contributed by atoms with van der Waals surface area (Å²) in [6.45, 7) is 3.05. The van der Waals surface area contributed by atoms with Gasteiger partial charge in [0, 0.05) is 13.1 Å². The number of piperidine rings is 1. The van der Waals surface area contributed by atoms with Crippen LogP contribution in [0.1, 0.15) is 34.4 Å². The van der Waals surface area contributed by atoms with Gasteiger partial charge in [0.1, 0.15) is 4.88 Å². The molecular formula is C12H16N2O3S. The van der Waals surface area contributed by atoms with E-state index in [2.05, 4.69) is 4.98 Å². The highest BCUT2D eigenvalue weighted by molar-refractivity contribution is 7.13. The van der Waals surface area contributed by atoms with Crippen molar-refractivity contribution in [2.45, 2.75) is 26.2 Å². The molecule has 1 aliphatic heterocycles. The second-order valence-corrected chi connectivity index (χ2v) is 5.49. The van der Waals surface area contributed by atoms with Crippen molar-refractivity contribution in [3.63, 3.8) is 0 Å². The van der Waals surface area contributed by atoms with Crippen molar-refractivity contribution in [2.75, 3.05) is 13.1 Å². The molecule has 0 aliphatic carbocycles. The number of carbonyl (C=O) groups is 2. The number of hydrogen-bond acceptors (Lipinski definition) is 4. The lowest BCUT2D eigenvalue weighted by atomic mass is 9.97. The Kier molecular flexibility index (Phi) is 3.96. The summed E-state index contributed by atoms with van der Waals surface area (Å²) in [6, 6.07) is 0. The van der Waals surface area contributed by atoms with Crippen LogP contribution < -0.4 is 0 Å². The Labute approximate surface area is 109 Å². The van der Waals surface area contributed by atoms with Crippen molar-refractivity contribution < 1.29 is 14.7 Å². The number of carboxylic acids is 1. The molecule has 0 radical (unpaired) electrons. The number of amides is 1. The van der Waals surface area contributed by atoms with Gasteiger partial charge in [0.15, 0.2) is 0 Å². The molecule has 2 rings (SSSR count). The zero-order valence-corrected chi connectivity index (χ0v) is 11.1. The summed E-state index contributed by atoms with van der Waals surface area (Å²) in [4.78, 5) is 29.5. The Bertz CT molecular complexity index is 450. The Hall–Kier alpha value is -1.43. The minimum atomic E-state index is -0.756. The van der Waals surface area contributed by atoms with Crippen molar-refractivity contribution in [2.24, 2.45) is 5.92 Å². The molecule has 0 unspecified atom stereocenters. The number of rotatable bonds is 3. The van der Waals surface area contributed by atoms with Crippen LogP contribution in [-0.4, -0.2) is 40.0 Å². The van der Waals surface area contributed by atoms with Gasteiger partial charge in [0.2, 0.25) is 0 Å². The highest BCUT2D eigenvalue weighted by atomic mass is 32.1. The first-order valence-corrected chi connectivity index (χ1v) is 6.90. The summed E-state index contributed by atoms with van der Waals surface area (Å²) in [5.41, 5.74) is 0. The fourth-order valence-corrected chi connectivity index (χ4v) is 2.88. The standard InChI is InChI=1S/C12H16N2O3S/c1-2-10-13-7-9(18-10)11(15)14-5-3-8(4-6-14)12(16)17/h7-8H,2-6H2,1H3,(H,16,17). The van der Waals surface area contributed by atoms with Gasteiger partial charge in [-0.3, -0.25) is 9.59 Å². The van der Waals surface area contributed by atoms with Crippen LogP contribution in [0.4, 0.5) is 0 Å². The Balaban J connectivity index is 1.97. The third-order valence-corrected chi connectivity index (χ3v) is 4.33. The Morgan fingerprint density at radius 3 is 2.67 bits per heavy atom. The van der Waals surface area contributed by atoms with E-state index in [1.54, 1.807) is 11.1 Å². The lowest BCUT2D eigenvalue weighted by Gasteiger charge is -2.29. The summed E-state index contributed by atoms with van der Waals surface area (Å²) >= 11 is 1.42. The minimum Gasteiger partial charge on any atom is -0.481 e. The van der Waals surface area contributed by atoms with E-state index in [0.29, 0.717) is 30.8 Å². The molecule has 1 aromatic rings. The normalized spacial score (nSPS) is 16.8. The van der Waals surface area contributed by atoms with Crippen LogP contribution >= 0.6 is 11.3 Å². The van der Waals surface area contributed by atoms with Crippen molar-refractivity contribution >= 4 is 23.2 Å². The van der Waals surface area contributed by atoms with E-state index in [-0.39, 0.29) is 11.8 Å². The predicted octanol–water partition coefficient (Wildman–Crippen LogP) is 1.64. The van der Waals surface area contributed by atoms with Crippen molar-refractivity contribution in [3.05, 3.63) is 16.1 Å². The molecule has 0 spiro atoms. The number of carbonyl (C=O) groups excluding carboxylic acids is 1. The largest absolute Gasteiger partial charge is 0.481 e. The summed E-state index contributed by atoms with van der Waals surface area (Å²) < 4.78 is 0. The zero-order chi connectivity index (χ0) is 13.1.